The molecule has 0 aliphatic carbocycles. The third kappa shape index (κ3) is 3.67. The van der Waals surface area contributed by atoms with Gasteiger partial charge in [0.05, 0.1) is 12.7 Å². The zero-order chi connectivity index (χ0) is 12.9. The first-order valence-corrected chi connectivity index (χ1v) is 7.14. The van der Waals surface area contributed by atoms with Crippen molar-refractivity contribution in [3.8, 4) is 0 Å². The molecular weight excluding hydrogens is 212 g/mol. The molecule has 3 atom stereocenters. The molecule has 1 saturated heterocycles. The van der Waals surface area contributed by atoms with Gasteiger partial charge >= 0.3 is 0 Å². The van der Waals surface area contributed by atoms with Gasteiger partial charge < -0.3 is 10.5 Å². The van der Waals surface area contributed by atoms with Crippen molar-refractivity contribution in [2.45, 2.75) is 58.6 Å². The van der Waals surface area contributed by atoms with E-state index < -0.39 is 0 Å². The van der Waals surface area contributed by atoms with Crippen molar-refractivity contribution in [2.24, 2.45) is 11.7 Å². The van der Waals surface area contributed by atoms with Crippen LogP contribution in [-0.4, -0.2) is 42.8 Å². The number of nitrogens with two attached hydrogens (primary N) is 1. The second kappa shape index (κ2) is 6.72. The maximum atomic E-state index is 6.12. The lowest BCUT2D eigenvalue weighted by molar-refractivity contribution is -0.0676. The number of ether oxygens (including phenoxy) is 1. The lowest BCUT2D eigenvalue weighted by atomic mass is 9.82. The van der Waals surface area contributed by atoms with Crippen LogP contribution in [0.4, 0.5) is 0 Å². The fourth-order valence-electron chi connectivity index (χ4n) is 2.90. The summed E-state index contributed by atoms with van der Waals surface area (Å²) < 4.78 is 5.64. The summed E-state index contributed by atoms with van der Waals surface area (Å²) >= 11 is 0. The zero-order valence-corrected chi connectivity index (χ0v) is 12.0. The average molecular weight is 242 g/mol. The Bertz CT molecular complexity index is 216. The van der Waals surface area contributed by atoms with E-state index in [1.54, 1.807) is 0 Å². The Kier molecular flexibility index (Phi) is 5.90. The Morgan fingerprint density at radius 1 is 1.47 bits per heavy atom. The van der Waals surface area contributed by atoms with E-state index in [-0.39, 0.29) is 5.54 Å². The minimum atomic E-state index is 0.188. The first kappa shape index (κ1) is 14.9. The maximum absolute atomic E-state index is 6.12. The third-order valence-electron chi connectivity index (χ3n) is 4.38. The molecule has 1 aliphatic heterocycles. The molecule has 3 heteroatoms. The number of rotatable bonds is 6. The van der Waals surface area contributed by atoms with Crippen molar-refractivity contribution in [1.82, 2.24) is 4.90 Å². The summed E-state index contributed by atoms with van der Waals surface area (Å²) in [6, 6.07) is 0. The summed E-state index contributed by atoms with van der Waals surface area (Å²) in [7, 11) is 0. The lowest BCUT2D eigenvalue weighted by Crippen LogP contribution is -2.59. The highest BCUT2D eigenvalue weighted by molar-refractivity contribution is 4.93. The van der Waals surface area contributed by atoms with Gasteiger partial charge in [-0.15, -0.1) is 0 Å². The average Bonchev–Trinajstić information content (AvgIpc) is 2.35. The molecule has 0 aromatic carbocycles. The van der Waals surface area contributed by atoms with Gasteiger partial charge in [0.2, 0.25) is 0 Å². The first-order chi connectivity index (χ1) is 8.07. The summed E-state index contributed by atoms with van der Waals surface area (Å²) in [4.78, 5) is 2.58. The summed E-state index contributed by atoms with van der Waals surface area (Å²) in [5, 5.41) is 0. The largest absolute Gasteiger partial charge is 0.376 e. The van der Waals surface area contributed by atoms with Gasteiger partial charge in [0.1, 0.15) is 0 Å². The molecule has 3 unspecified atom stereocenters. The molecule has 3 nitrogen and oxygen atoms in total. The summed E-state index contributed by atoms with van der Waals surface area (Å²) in [5.74, 6) is 0.747. The normalized spacial score (nSPS) is 27.7. The fourth-order valence-corrected chi connectivity index (χ4v) is 2.90. The van der Waals surface area contributed by atoms with E-state index in [4.69, 9.17) is 10.5 Å². The van der Waals surface area contributed by atoms with Crippen LogP contribution < -0.4 is 5.73 Å². The topological polar surface area (TPSA) is 38.5 Å². The van der Waals surface area contributed by atoms with Crippen LogP contribution in [-0.2, 0) is 4.74 Å². The summed E-state index contributed by atoms with van der Waals surface area (Å²) in [6.45, 7) is 12.7. The van der Waals surface area contributed by atoms with E-state index in [9.17, 15) is 0 Å². The minimum Gasteiger partial charge on any atom is -0.376 e. The number of morpholine rings is 1. The predicted molar refractivity (Wildman–Crippen MR) is 73.1 cm³/mol. The molecule has 1 fully saturated rings. The van der Waals surface area contributed by atoms with Crippen LogP contribution in [0.25, 0.3) is 0 Å². The minimum absolute atomic E-state index is 0.188. The highest BCUT2D eigenvalue weighted by atomic mass is 16.5. The smallest absolute Gasteiger partial charge is 0.0674 e. The van der Waals surface area contributed by atoms with Gasteiger partial charge in [-0.3, -0.25) is 4.90 Å². The van der Waals surface area contributed by atoms with E-state index in [0.717, 1.165) is 38.6 Å². The molecule has 0 amide bonds. The van der Waals surface area contributed by atoms with Gasteiger partial charge in [-0.1, -0.05) is 27.2 Å². The molecule has 1 aliphatic rings. The molecule has 0 saturated carbocycles. The SMILES string of the molecule is CCC(C)CC(CC)(CN)N1CCOC(C)C1. The molecular formula is C14H30N2O. The Morgan fingerprint density at radius 3 is 2.65 bits per heavy atom. The highest BCUT2D eigenvalue weighted by Crippen LogP contribution is 2.30. The van der Waals surface area contributed by atoms with Gasteiger partial charge in [-0.25, -0.2) is 0 Å². The second-order valence-electron chi connectivity index (χ2n) is 5.63. The van der Waals surface area contributed by atoms with Crippen LogP contribution in [0.5, 0.6) is 0 Å². The van der Waals surface area contributed by atoms with Crippen molar-refractivity contribution >= 4 is 0 Å². The first-order valence-electron chi connectivity index (χ1n) is 7.14. The molecule has 0 spiro atoms. The second-order valence-corrected chi connectivity index (χ2v) is 5.63. The number of hydrogen-bond acceptors (Lipinski definition) is 3. The van der Waals surface area contributed by atoms with Gasteiger partial charge in [-0.2, -0.15) is 0 Å². The number of nitrogens with zero attached hydrogens (tertiary/aromatic N) is 1. The monoisotopic (exact) mass is 242 g/mol. The van der Waals surface area contributed by atoms with Crippen LogP contribution in [0.2, 0.25) is 0 Å². The lowest BCUT2D eigenvalue weighted by Gasteiger charge is -2.47. The predicted octanol–water partition coefficient (Wildman–Crippen LogP) is 2.25. The quantitative estimate of drug-likeness (QED) is 0.776. The van der Waals surface area contributed by atoms with Crippen LogP contribution in [0.3, 0.4) is 0 Å². The van der Waals surface area contributed by atoms with Crippen molar-refractivity contribution in [3.63, 3.8) is 0 Å². The van der Waals surface area contributed by atoms with Crippen molar-refractivity contribution < 1.29 is 4.74 Å². The molecule has 0 bridgehead atoms. The van der Waals surface area contributed by atoms with Crippen molar-refractivity contribution in [1.29, 1.82) is 0 Å². The number of hydrogen-bond donors (Lipinski definition) is 1. The third-order valence-corrected chi connectivity index (χ3v) is 4.38. The van der Waals surface area contributed by atoms with E-state index in [2.05, 4.69) is 32.6 Å². The van der Waals surface area contributed by atoms with E-state index in [0.29, 0.717) is 6.10 Å². The molecule has 1 heterocycles. The van der Waals surface area contributed by atoms with Gasteiger partial charge in [0.15, 0.2) is 0 Å². The van der Waals surface area contributed by atoms with Crippen molar-refractivity contribution in [3.05, 3.63) is 0 Å². The zero-order valence-electron chi connectivity index (χ0n) is 12.0. The van der Waals surface area contributed by atoms with E-state index in [1.165, 1.54) is 12.8 Å². The van der Waals surface area contributed by atoms with E-state index >= 15 is 0 Å². The van der Waals surface area contributed by atoms with Crippen LogP contribution >= 0.6 is 0 Å². The van der Waals surface area contributed by atoms with Crippen LogP contribution in [0, 0.1) is 5.92 Å². The molecule has 0 aromatic rings. The Labute approximate surface area is 107 Å². The van der Waals surface area contributed by atoms with Crippen LogP contribution in [0.15, 0.2) is 0 Å². The van der Waals surface area contributed by atoms with Crippen LogP contribution in [0.1, 0.15) is 47.0 Å². The summed E-state index contributed by atoms with van der Waals surface area (Å²) in [6.07, 6.45) is 3.93. The standard InChI is InChI=1S/C14H30N2O/c1-5-12(3)9-14(6-2,11-15)16-7-8-17-13(4)10-16/h12-13H,5-11,15H2,1-4H3. The molecule has 0 aromatic heterocycles. The Hall–Kier alpha value is -0.120. The summed E-state index contributed by atoms with van der Waals surface area (Å²) in [5.41, 5.74) is 6.30. The van der Waals surface area contributed by atoms with E-state index in [1.807, 2.05) is 0 Å². The molecule has 102 valence electrons. The van der Waals surface area contributed by atoms with Gasteiger partial charge in [0, 0.05) is 25.2 Å². The maximum Gasteiger partial charge on any atom is 0.0674 e. The Morgan fingerprint density at radius 2 is 2.18 bits per heavy atom. The highest BCUT2D eigenvalue weighted by Gasteiger charge is 2.36. The molecule has 17 heavy (non-hydrogen) atoms. The van der Waals surface area contributed by atoms with Gasteiger partial charge in [0.25, 0.3) is 0 Å². The molecule has 0 radical (unpaired) electrons. The molecule has 2 N–H and O–H groups in total. The van der Waals surface area contributed by atoms with Crippen molar-refractivity contribution in [2.75, 3.05) is 26.2 Å². The van der Waals surface area contributed by atoms with Gasteiger partial charge in [-0.05, 0) is 25.7 Å². The fraction of sp³-hybridized carbons (Fsp3) is 1.00. The molecule has 1 rings (SSSR count). The Balaban J connectivity index is 2.74.